The Morgan fingerprint density at radius 3 is 2.72 bits per heavy atom. The van der Waals surface area contributed by atoms with Gasteiger partial charge in [0.05, 0.1) is 0 Å². The van der Waals surface area contributed by atoms with Crippen molar-refractivity contribution in [3.05, 3.63) is 77.6 Å². The van der Waals surface area contributed by atoms with Crippen molar-refractivity contribution in [2.24, 2.45) is 5.92 Å². The molecule has 188 valence electrons. The average Bonchev–Trinajstić information content (AvgIpc) is 3.35. The van der Waals surface area contributed by atoms with Gasteiger partial charge in [-0.15, -0.1) is 0 Å². The Kier molecular flexibility index (Phi) is 7.37. The van der Waals surface area contributed by atoms with Crippen LogP contribution in [-0.2, 0) is 17.9 Å². The van der Waals surface area contributed by atoms with E-state index in [1.807, 2.05) is 30.3 Å². The number of fused-ring (bicyclic) bond motifs is 1. The number of nitrogens with one attached hydrogen (secondary N) is 1. The summed E-state index contributed by atoms with van der Waals surface area (Å²) >= 11 is 0. The molecule has 3 aromatic rings. The molecule has 7 heteroatoms. The number of ether oxygens (including phenoxy) is 3. The number of nitrogens with zero attached hydrogens (tertiary/aromatic N) is 1. The van der Waals surface area contributed by atoms with E-state index in [1.54, 1.807) is 18.2 Å². The molecule has 1 N–H and O–H groups in total. The summed E-state index contributed by atoms with van der Waals surface area (Å²) < 4.78 is 30.8. The first-order valence-electron chi connectivity index (χ1n) is 12.4. The number of hydrogen-bond acceptors (Lipinski definition) is 5. The Hall–Kier alpha value is -3.58. The maximum atomic E-state index is 13.8. The lowest BCUT2D eigenvalue weighted by atomic mass is 9.98. The average molecular weight is 491 g/mol. The van der Waals surface area contributed by atoms with E-state index in [4.69, 9.17) is 14.2 Å². The van der Waals surface area contributed by atoms with Crippen LogP contribution >= 0.6 is 0 Å². The Morgan fingerprint density at radius 1 is 1.06 bits per heavy atom. The van der Waals surface area contributed by atoms with E-state index in [1.165, 1.54) is 18.9 Å². The fourth-order valence-corrected chi connectivity index (χ4v) is 4.80. The first-order chi connectivity index (χ1) is 17.5. The van der Waals surface area contributed by atoms with Crippen LogP contribution in [0.15, 0.2) is 60.7 Å². The molecule has 3 aromatic carbocycles. The van der Waals surface area contributed by atoms with Gasteiger partial charge in [-0.2, -0.15) is 0 Å². The van der Waals surface area contributed by atoms with Gasteiger partial charge in [0.2, 0.25) is 6.79 Å². The van der Waals surface area contributed by atoms with Gasteiger partial charge in [-0.3, -0.25) is 9.69 Å². The third-order valence-corrected chi connectivity index (χ3v) is 6.69. The van der Waals surface area contributed by atoms with Crippen molar-refractivity contribution in [2.45, 2.75) is 32.9 Å². The van der Waals surface area contributed by atoms with E-state index in [-0.39, 0.29) is 31.7 Å². The van der Waals surface area contributed by atoms with Gasteiger partial charge >= 0.3 is 0 Å². The quantitative estimate of drug-likeness (QED) is 0.473. The first-order valence-corrected chi connectivity index (χ1v) is 12.4. The van der Waals surface area contributed by atoms with Crippen LogP contribution in [0, 0.1) is 11.7 Å². The Bertz CT molecular complexity index is 1230. The predicted molar refractivity (Wildman–Crippen MR) is 135 cm³/mol. The van der Waals surface area contributed by atoms with Crippen molar-refractivity contribution in [3.8, 4) is 28.4 Å². The van der Waals surface area contributed by atoms with E-state index < -0.39 is 0 Å². The molecule has 0 saturated carbocycles. The number of hydrogen-bond donors (Lipinski definition) is 1. The van der Waals surface area contributed by atoms with E-state index in [0.29, 0.717) is 17.2 Å². The Labute approximate surface area is 211 Å². The normalized spacial score (nSPS) is 17.1. The molecule has 0 spiro atoms. The molecule has 2 aliphatic rings. The number of piperidine rings is 1. The molecule has 6 nitrogen and oxygen atoms in total. The fourth-order valence-electron chi connectivity index (χ4n) is 4.80. The highest BCUT2D eigenvalue weighted by Crippen LogP contribution is 2.37. The molecular weight excluding hydrogens is 459 g/mol. The van der Waals surface area contributed by atoms with Crippen molar-refractivity contribution < 1.29 is 23.4 Å². The largest absolute Gasteiger partial charge is 0.483 e. The molecule has 0 aromatic heterocycles. The molecule has 5 rings (SSSR count). The molecule has 2 aliphatic heterocycles. The summed E-state index contributed by atoms with van der Waals surface area (Å²) in [5.74, 6) is 2.20. The number of likely N-dealkylation sites (tertiary alicyclic amines) is 1. The summed E-state index contributed by atoms with van der Waals surface area (Å²) in [4.78, 5) is 14.9. The van der Waals surface area contributed by atoms with Crippen LogP contribution in [0.25, 0.3) is 11.1 Å². The lowest BCUT2D eigenvalue weighted by Gasteiger charge is -2.31. The molecule has 0 bridgehead atoms. The molecule has 1 fully saturated rings. The monoisotopic (exact) mass is 490 g/mol. The Balaban J connectivity index is 1.31. The minimum Gasteiger partial charge on any atom is -0.483 e. The van der Waals surface area contributed by atoms with Crippen LogP contribution in [0.3, 0.4) is 0 Å². The van der Waals surface area contributed by atoms with Gasteiger partial charge in [-0.1, -0.05) is 37.3 Å². The summed E-state index contributed by atoms with van der Waals surface area (Å²) in [5.41, 5.74) is 3.55. The van der Waals surface area contributed by atoms with Crippen LogP contribution in [0.5, 0.6) is 17.2 Å². The molecule has 36 heavy (non-hydrogen) atoms. The van der Waals surface area contributed by atoms with Gasteiger partial charge in [0.1, 0.15) is 11.6 Å². The van der Waals surface area contributed by atoms with Gasteiger partial charge in [-0.05, 0) is 66.8 Å². The van der Waals surface area contributed by atoms with Crippen molar-refractivity contribution in [2.75, 3.05) is 26.5 Å². The first kappa shape index (κ1) is 24.1. The zero-order valence-electron chi connectivity index (χ0n) is 20.5. The van der Waals surface area contributed by atoms with Gasteiger partial charge in [0.15, 0.2) is 18.1 Å². The van der Waals surface area contributed by atoms with Crippen molar-refractivity contribution in [1.82, 2.24) is 10.2 Å². The van der Waals surface area contributed by atoms with E-state index in [0.717, 1.165) is 47.8 Å². The van der Waals surface area contributed by atoms with Crippen LogP contribution in [0.1, 0.15) is 30.9 Å². The topological polar surface area (TPSA) is 60.0 Å². The van der Waals surface area contributed by atoms with Gasteiger partial charge in [0.25, 0.3) is 5.91 Å². The smallest absolute Gasteiger partial charge is 0.258 e. The minimum absolute atomic E-state index is 0.121. The van der Waals surface area contributed by atoms with Gasteiger partial charge < -0.3 is 19.5 Å². The summed E-state index contributed by atoms with van der Waals surface area (Å²) in [6.07, 6.45) is 2.43. The number of amides is 1. The highest BCUT2D eigenvalue weighted by atomic mass is 19.1. The lowest BCUT2D eigenvalue weighted by Crippen LogP contribution is -2.34. The third-order valence-electron chi connectivity index (χ3n) is 6.69. The van der Waals surface area contributed by atoms with Crippen molar-refractivity contribution >= 4 is 5.91 Å². The highest BCUT2D eigenvalue weighted by Gasteiger charge is 2.20. The second-order valence-electron chi connectivity index (χ2n) is 9.53. The summed E-state index contributed by atoms with van der Waals surface area (Å²) in [7, 11) is 0. The van der Waals surface area contributed by atoms with E-state index >= 15 is 0 Å². The molecule has 0 unspecified atom stereocenters. The minimum atomic E-state index is -0.337. The molecule has 0 aliphatic carbocycles. The summed E-state index contributed by atoms with van der Waals surface area (Å²) in [6, 6.07) is 18.4. The zero-order valence-corrected chi connectivity index (χ0v) is 20.5. The third kappa shape index (κ3) is 5.79. The summed E-state index contributed by atoms with van der Waals surface area (Å²) in [6.45, 7) is 5.33. The zero-order chi connectivity index (χ0) is 24.9. The molecular formula is C29H31FN2O4. The van der Waals surface area contributed by atoms with Crippen molar-refractivity contribution in [3.63, 3.8) is 0 Å². The Morgan fingerprint density at radius 2 is 1.86 bits per heavy atom. The van der Waals surface area contributed by atoms with E-state index in [2.05, 4.69) is 23.2 Å². The SMILES string of the molecule is C[C@H]1CCCN(Cc2cc(-c3ccc4c(c3)OCO4)ccc2OCC(=O)NCc2ccccc2F)C1. The molecule has 1 amide bonds. The molecule has 2 heterocycles. The standard InChI is InChI=1S/C29H31FN2O4/c1-20-5-4-12-32(16-20)17-24-13-21(22-9-11-27-28(14-22)36-19-35-27)8-10-26(24)34-18-29(33)31-15-23-6-2-3-7-25(23)30/h2-3,6-11,13-14,20H,4-5,12,15-19H2,1H3,(H,31,33)/t20-/m0/s1. The van der Waals surface area contributed by atoms with Crippen LogP contribution in [-0.4, -0.2) is 37.3 Å². The number of halogens is 1. The number of carbonyl (C=O) groups excluding carboxylic acids is 1. The van der Waals surface area contributed by atoms with E-state index in [9.17, 15) is 9.18 Å². The van der Waals surface area contributed by atoms with Crippen LogP contribution in [0.2, 0.25) is 0 Å². The maximum Gasteiger partial charge on any atom is 0.258 e. The predicted octanol–water partition coefficient (Wildman–Crippen LogP) is 5.15. The molecule has 1 atom stereocenters. The molecule has 1 saturated heterocycles. The van der Waals surface area contributed by atoms with Crippen LogP contribution in [0.4, 0.5) is 4.39 Å². The fraction of sp³-hybridized carbons (Fsp3) is 0.345. The van der Waals surface area contributed by atoms with Gasteiger partial charge in [0, 0.05) is 30.8 Å². The highest BCUT2D eigenvalue weighted by molar-refractivity contribution is 5.77. The lowest BCUT2D eigenvalue weighted by molar-refractivity contribution is -0.123. The van der Waals surface area contributed by atoms with Crippen LogP contribution < -0.4 is 19.5 Å². The number of carbonyl (C=O) groups is 1. The second-order valence-corrected chi connectivity index (χ2v) is 9.53. The second kappa shape index (κ2) is 11.0. The summed E-state index contributed by atoms with van der Waals surface area (Å²) in [5, 5.41) is 2.74. The van der Waals surface area contributed by atoms with Gasteiger partial charge in [-0.25, -0.2) is 4.39 Å². The molecule has 0 radical (unpaired) electrons. The number of rotatable bonds is 8. The van der Waals surface area contributed by atoms with Crippen molar-refractivity contribution in [1.29, 1.82) is 0 Å². The maximum absolute atomic E-state index is 13.8. The number of benzene rings is 3.